The molecule has 108 valence electrons. The van der Waals surface area contributed by atoms with Crippen LogP contribution < -0.4 is 4.72 Å². The Hall–Kier alpha value is -1.41. The first kappa shape index (κ1) is 15.6. The molecule has 0 spiro atoms. The van der Waals surface area contributed by atoms with E-state index >= 15 is 0 Å². The topological polar surface area (TPSA) is 112 Å². The van der Waals surface area contributed by atoms with Gasteiger partial charge < -0.3 is 5.11 Å². The Bertz CT molecular complexity index is 517. The van der Waals surface area contributed by atoms with Crippen LogP contribution in [-0.2, 0) is 14.8 Å². The Balaban J connectivity index is 2.42. The Kier molecular flexibility index (Phi) is 5.49. The standard InChI is InChI=1S/C11H19N3O4S/c1-8-11(9(2)14-13-8)19(17,18)12-7-5-3-4-6-10(15)16/h12H,3-7H2,1-2H3,(H,13,14)(H,15,16). The van der Waals surface area contributed by atoms with Crippen molar-refractivity contribution in [3.63, 3.8) is 0 Å². The summed E-state index contributed by atoms with van der Waals surface area (Å²) in [6.45, 7) is 3.58. The van der Waals surface area contributed by atoms with Gasteiger partial charge in [-0.1, -0.05) is 6.42 Å². The lowest BCUT2D eigenvalue weighted by Gasteiger charge is -2.06. The molecule has 1 aromatic rings. The Morgan fingerprint density at radius 3 is 2.53 bits per heavy atom. The highest BCUT2D eigenvalue weighted by Crippen LogP contribution is 2.16. The molecule has 0 bridgehead atoms. The number of aliphatic carboxylic acids is 1. The maximum absolute atomic E-state index is 12.0. The van der Waals surface area contributed by atoms with Crippen molar-refractivity contribution in [3.8, 4) is 0 Å². The largest absolute Gasteiger partial charge is 0.481 e. The van der Waals surface area contributed by atoms with E-state index in [0.29, 0.717) is 37.2 Å². The van der Waals surface area contributed by atoms with Gasteiger partial charge in [-0.05, 0) is 26.7 Å². The van der Waals surface area contributed by atoms with E-state index < -0.39 is 16.0 Å². The monoisotopic (exact) mass is 289 g/mol. The third kappa shape index (κ3) is 4.64. The van der Waals surface area contributed by atoms with E-state index in [0.717, 1.165) is 0 Å². The van der Waals surface area contributed by atoms with Gasteiger partial charge in [0.25, 0.3) is 0 Å². The van der Waals surface area contributed by atoms with E-state index in [9.17, 15) is 13.2 Å². The molecule has 0 aliphatic heterocycles. The van der Waals surface area contributed by atoms with E-state index in [-0.39, 0.29) is 11.3 Å². The van der Waals surface area contributed by atoms with E-state index in [4.69, 9.17) is 5.11 Å². The van der Waals surface area contributed by atoms with Crippen molar-refractivity contribution in [2.24, 2.45) is 0 Å². The Morgan fingerprint density at radius 1 is 1.32 bits per heavy atom. The molecule has 0 saturated heterocycles. The minimum atomic E-state index is -3.54. The third-order valence-corrected chi connectivity index (χ3v) is 4.41. The first-order valence-corrected chi connectivity index (χ1v) is 7.56. The number of unbranched alkanes of at least 4 members (excludes halogenated alkanes) is 2. The molecule has 0 aliphatic carbocycles. The number of hydrogen-bond acceptors (Lipinski definition) is 4. The minimum absolute atomic E-state index is 0.118. The fourth-order valence-corrected chi connectivity index (χ4v) is 3.23. The van der Waals surface area contributed by atoms with Gasteiger partial charge in [0.2, 0.25) is 10.0 Å². The fraction of sp³-hybridized carbons (Fsp3) is 0.636. The molecule has 7 nitrogen and oxygen atoms in total. The molecule has 0 aliphatic rings. The van der Waals surface area contributed by atoms with Gasteiger partial charge in [-0.3, -0.25) is 9.89 Å². The number of aromatic amines is 1. The molecule has 0 atom stereocenters. The fourth-order valence-electron chi connectivity index (χ4n) is 1.79. The molecule has 0 amide bonds. The lowest BCUT2D eigenvalue weighted by Crippen LogP contribution is -2.25. The molecule has 8 heteroatoms. The highest BCUT2D eigenvalue weighted by Gasteiger charge is 2.21. The first-order valence-electron chi connectivity index (χ1n) is 6.07. The third-order valence-electron chi connectivity index (χ3n) is 2.69. The van der Waals surface area contributed by atoms with Crippen molar-refractivity contribution in [1.29, 1.82) is 0 Å². The van der Waals surface area contributed by atoms with Gasteiger partial charge in [0, 0.05) is 13.0 Å². The lowest BCUT2D eigenvalue weighted by molar-refractivity contribution is -0.137. The molecule has 1 rings (SSSR count). The number of carboxylic acids is 1. The van der Waals surface area contributed by atoms with Gasteiger partial charge in [0.05, 0.1) is 11.4 Å². The molecule has 19 heavy (non-hydrogen) atoms. The second kappa shape index (κ2) is 6.67. The number of H-pyrrole nitrogens is 1. The minimum Gasteiger partial charge on any atom is -0.481 e. The van der Waals surface area contributed by atoms with Gasteiger partial charge in [-0.25, -0.2) is 13.1 Å². The molecule has 0 radical (unpaired) electrons. The number of aromatic nitrogens is 2. The van der Waals surface area contributed by atoms with Crippen molar-refractivity contribution >= 4 is 16.0 Å². The van der Waals surface area contributed by atoms with Crippen molar-refractivity contribution in [1.82, 2.24) is 14.9 Å². The molecule has 0 unspecified atom stereocenters. The van der Waals surface area contributed by atoms with Gasteiger partial charge >= 0.3 is 5.97 Å². The van der Waals surface area contributed by atoms with Crippen molar-refractivity contribution in [3.05, 3.63) is 11.4 Å². The number of nitrogens with one attached hydrogen (secondary N) is 2. The van der Waals surface area contributed by atoms with Crippen LogP contribution >= 0.6 is 0 Å². The van der Waals surface area contributed by atoms with Crippen LogP contribution in [0, 0.1) is 13.8 Å². The number of rotatable bonds is 8. The number of nitrogens with zero attached hydrogens (tertiary/aromatic N) is 1. The summed E-state index contributed by atoms with van der Waals surface area (Å²) in [7, 11) is -3.54. The zero-order valence-electron chi connectivity index (χ0n) is 11.1. The van der Waals surface area contributed by atoms with Crippen LogP contribution in [0.3, 0.4) is 0 Å². The summed E-state index contributed by atoms with van der Waals surface area (Å²) in [5, 5.41) is 14.9. The smallest absolute Gasteiger partial charge is 0.303 e. The zero-order chi connectivity index (χ0) is 14.5. The van der Waals surface area contributed by atoms with Gasteiger partial charge in [-0.2, -0.15) is 5.10 Å². The second-order valence-electron chi connectivity index (χ2n) is 4.37. The molecule has 1 heterocycles. The molecular weight excluding hydrogens is 270 g/mol. The molecule has 1 aromatic heterocycles. The SMILES string of the molecule is Cc1n[nH]c(C)c1S(=O)(=O)NCCCCCC(=O)O. The summed E-state index contributed by atoms with van der Waals surface area (Å²) in [6, 6.07) is 0. The molecule has 3 N–H and O–H groups in total. The molecule has 0 fully saturated rings. The van der Waals surface area contributed by atoms with E-state index in [2.05, 4.69) is 14.9 Å². The van der Waals surface area contributed by atoms with E-state index in [1.165, 1.54) is 0 Å². The predicted octanol–water partition coefficient (Wildman–Crippen LogP) is 0.950. The van der Waals surface area contributed by atoms with Gasteiger partial charge in [-0.15, -0.1) is 0 Å². The van der Waals surface area contributed by atoms with Crippen LogP contribution in [0.2, 0.25) is 0 Å². The summed E-state index contributed by atoms with van der Waals surface area (Å²) in [4.78, 5) is 10.5. The predicted molar refractivity (Wildman–Crippen MR) is 69.4 cm³/mol. The molecular formula is C11H19N3O4S. The number of hydrogen-bond donors (Lipinski definition) is 3. The number of sulfonamides is 1. The lowest BCUT2D eigenvalue weighted by atomic mass is 10.2. The summed E-state index contributed by atoms with van der Waals surface area (Å²) in [5.41, 5.74) is 0.951. The molecule has 0 aromatic carbocycles. The Labute approximate surface area is 112 Å². The highest BCUT2D eigenvalue weighted by molar-refractivity contribution is 7.89. The number of carbonyl (C=O) groups is 1. The van der Waals surface area contributed by atoms with Crippen LogP contribution in [0.5, 0.6) is 0 Å². The summed E-state index contributed by atoms with van der Waals surface area (Å²) in [5.74, 6) is -0.828. The first-order chi connectivity index (χ1) is 8.84. The number of aryl methyl sites for hydroxylation is 2. The Morgan fingerprint density at radius 2 is 2.00 bits per heavy atom. The van der Waals surface area contributed by atoms with Crippen molar-refractivity contribution in [2.75, 3.05) is 6.54 Å². The van der Waals surface area contributed by atoms with Crippen LogP contribution in [0.1, 0.15) is 37.1 Å². The van der Waals surface area contributed by atoms with Crippen molar-refractivity contribution < 1.29 is 18.3 Å². The van der Waals surface area contributed by atoms with Crippen molar-refractivity contribution in [2.45, 2.75) is 44.4 Å². The maximum Gasteiger partial charge on any atom is 0.303 e. The van der Waals surface area contributed by atoms with Crippen LogP contribution in [0.25, 0.3) is 0 Å². The normalized spacial score (nSPS) is 11.7. The van der Waals surface area contributed by atoms with E-state index in [1.807, 2.05) is 0 Å². The van der Waals surface area contributed by atoms with Gasteiger partial charge in [0.1, 0.15) is 4.90 Å². The quantitative estimate of drug-likeness (QED) is 0.617. The second-order valence-corrected chi connectivity index (χ2v) is 6.07. The average molecular weight is 289 g/mol. The zero-order valence-corrected chi connectivity index (χ0v) is 11.9. The summed E-state index contributed by atoms with van der Waals surface area (Å²) >= 11 is 0. The summed E-state index contributed by atoms with van der Waals surface area (Å²) < 4.78 is 26.5. The van der Waals surface area contributed by atoms with Crippen LogP contribution in [0.15, 0.2) is 4.90 Å². The summed E-state index contributed by atoms with van der Waals surface area (Å²) in [6.07, 6.45) is 1.97. The van der Waals surface area contributed by atoms with E-state index in [1.54, 1.807) is 13.8 Å². The average Bonchev–Trinajstić information content (AvgIpc) is 2.63. The van der Waals surface area contributed by atoms with Crippen LogP contribution in [0.4, 0.5) is 0 Å². The maximum atomic E-state index is 12.0. The van der Waals surface area contributed by atoms with Gasteiger partial charge in [0.15, 0.2) is 0 Å². The number of carboxylic acid groups (broad SMARTS) is 1. The highest BCUT2D eigenvalue weighted by atomic mass is 32.2. The molecule has 0 saturated carbocycles. The van der Waals surface area contributed by atoms with Crippen LogP contribution in [-0.4, -0.2) is 36.2 Å².